The largest absolute Gasteiger partial charge is 0.394 e. The third-order valence-electron chi connectivity index (χ3n) is 3.54. The number of aliphatic hydroxyl groups is 1. The van der Waals surface area contributed by atoms with Gasteiger partial charge in [-0.1, -0.05) is 54.6 Å². The molecule has 1 amide bonds. The van der Waals surface area contributed by atoms with Gasteiger partial charge in [-0.3, -0.25) is 4.79 Å². The fraction of sp³-hybridized carbons (Fsp3) is 0.235. The van der Waals surface area contributed by atoms with Crippen LogP contribution in [0.2, 0.25) is 0 Å². The first kappa shape index (κ1) is 14.3. The summed E-state index contributed by atoms with van der Waals surface area (Å²) < 4.78 is 0. The number of nitrogens with zero attached hydrogens (tertiary/aromatic N) is 1. The quantitative estimate of drug-likeness (QED) is 0.927. The molecule has 0 spiro atoms. The second kappa shape index (κ2) is 6.35. The van der Waals surface area contributed by atoms with Gasteiger partial charge >= 0.3 is 0 Å². The molecule has 0 bridgehead atoms. The first-order valence-electron chi connectivity index (χ1n) is 6.63. The minimum Gasteiger partial charge on any atom is -0.394 e. The summed E-state index contributed by atoms with van der Waals surface area (Å²) in [5, 5.41) is 9.49. The Bertz CT molecular complexity index is 563. The Morgan fingerprint density at radius 1 is 1.05 bits per heavy atom. The van der Waals surface area contributed by atoms with Crippen molar-refractivity contribution in [2.45, 2.75) is 13.0 Å². The van der Waals surface area contributed by atoms with E-state index in [4.69, 9.17) is 0 Å². The molecule has 20 heavy (non-hydrogen) atoms. The molecule has 1 unspecified atom stereocenters. The van der Waals surface area contributed by atoms with Crippen molar-refractivity contribution in [3.05, 3.63) is 60.2 Å². The maximum Gasteiger partial charge on any atom is 0.219 e. The maximum atomic E-state index is 11.4. The monoisotopic (exact) mass is 269 g/mol. The molecule has 0 heterocycles. The number of carbonyl (C=O) groups is 1. The second-order valence-corrected chi connectivity index (χ2v) is 4.82. The van der Waals surface area contributed by atoms with Crippen molar-refractivity contribution in [1.29, 1.82) is 0 Å². The summed E-state index contributed by atoms with van der Waals surface area (Å²) in [7, 11) is 1.70. The molecule has 0 aliphatic heterocycles. The Labute approximate surface area is 119 Å². The molecule has 0 aliphatic carbocycles. The predicted molar refractivity (Wildman–Crippen MR) is 80.1 cm³/mol. The fourth-order valence-corrected chi connectivity index (χ4v) is 2.20. The van der Waals surface area contributed by atoms with Crippen LogP contribution < -0.4 is 0 Å². The summed E-state index contributed by atoms with van der Waals surface area (Å²) in [6.07, 6.45) is 0. The van der Waals surface area contributed by atoms with Crippen molar-refractivity contribution < 1.29 is 9.90 Å². The molecule has 3 heteroatoms. The normalized spacial score (nSPS) is 11.9. The molecule has 1 N–H and O–H groups in total. The van der Waals surface area contributed by atoms with Gasteiger partial charge in [-0.2, -0.15) is 0 Å². The second-order valence-electron chi connectivity index (χ2n) is 4.82. The van der Waals surface area contributed by atoms with Crippen LogP contribution in [0.5, 0.6) is 0 Å². The molecular weight excluding hydrogens is 250 g/mol. The molecule has 0 aromatic heterocycles. The van der Waals surface area contributed by atoms with Gasteiger partial charge in [-0.25, -0.2) is 0 Å². The van der Waals surface area contributed by atoms with E-state index in [1.54, 1.807) is 11.9 Å². The predicted octanol–water partition coefficient (Wildman–Crippen LogP) is 2.87. The molecule has 2 aromatic rings. The van der Waals surface area contributed by atoms with E-state index >= 15 is 0 Å². The highest BCUT2D eigenvalue weighted by molar-refractivity contribution is 5.73. The first-order chi connectivity index (χ1) is 9.63. The van der Waals surface area contributed by atoms with Gasteiger partial charge in [0.05, 0.1) is 12.6 Å². The number of likely N-dealkylation sites (N-methyl/N-ethyl adjacent to an activating group) is 1. The van der Waals surface area contributed by atoms with E-state index in [2.05, 4.69) is 12.1 Å². The molecule has 1 atom stereocenters. The lowest BCUT2D eigenvalue weighted by atomic mass is 10.0. The number of hydrogen-bond acceptors (Lipinski definition) is 2. The van der Waals surface area contributed by atoms with Crippen LogP contribution in [-0.2, 0) is 4.79 Å². The van der Waals surface area contributed by atoms with Crippen LogP contribution >= 0.6 is 0 Å². The Hall–Kier alpha value is -2.13. The summed E-state index contributed by atoms with van der Waals surface area (Å²) in [4.78, 5) is 13.0. The Morgan fingerprint density at radius 3 is 2.10 bits per heavy atom. The molecule has 2 aromatic carbocycles. The van der Waals surface area contributed by atoms with Gasteiger partial charge in [0.15, 0.2) is 0 Å². The van der Waals surface area contributed by atoms with Crippen molar-refractivity contribution in [2.75, 3.05) is 13.7 Å². The standard InChI is InChI=1S/C17H19NO2/c1-13(20)18(2)17(12-19)16-10-8-15(9-11-16)14-6-4-3-5-7-14/h3-11,17,19H,12H2,1-2H3. The average molecular weight is 269 g/mol. The number of benzene rings is 2. The highest BCUT2D eigenvalue weighted by atomic mass is 16.3. The average Bonchev–Trinajstić information content (AvgIpc) is 2.49. The van der Waals surface area contributed by atoms with Crippen LogP contribution in [0.15, 0.2) is 54.6 Å². The van der Waals surface area contributed by atoms with Gasteiger partial charge in [-0.05, 0) is 16.7 Å². The Balaban J connectivity index is 2.25. The maximum absolute atomic E-state index is 11.4. The molecule has 0 radical (unpaired) electrons. The molecule has 3 nitrogen and oxygen atoms in total. The summed E-state index contributed by atoms with van der Waals surface area (Å²) in [6, 6.07) is 17.8. The molecule has 104 valence electrons. The lowest BCUT2D eigenvalue weighted by molar-refractivity contribution is -0.130. The summed E-state index contributed by atoms with van der Waals surface area (Å²) in [5.74, 6) is -0.0591. The third-order valence-corrected chi connectivity index (χ3v) is 3.54. The highest BCUT2D eigenvalue weighted by Gasteiger charge is 2.18. The molecule has 0 saturated carbocycles. The Kier molecular flexibility index (Phi) is 4.53. The van der Waals surface area contributed by atoms with Gasteiger partial charge in [0.25, 0.3) is 0 Å². The number of aliphatic hydroxyl groups excluding tert-OH is 1. The lowest BCUT2D eigenvalue weighted by Gasteiger charge is -2.26. The van der Waals surface area contributed by atoms with E-state index < -0.39 is 0 Å². The summed E-state index contributed by atoms with van der Waals surface area (Å²) >= 11 is 0. The van der Waals surface area contributed by atoms with Crippen LogP contribution in [0.4, 0.5) is 0 Å². The van der Waals surface area contributed by atoms with E-state index in [1.807, 2.05) is 42.5 Å². The minimum atomic E-state index is -0.294. The van der Waals surface area contributed by atoms with Crippen molar-refractivity contribution in [3.63, 3.8) is 0 Å². The van der Waals surface area contributed by atoms with Crippen molar-refractivity contribution >= 4 is 5.91 Å². The topological polar surface area (TPSA) is 40.5 Å². The van der Waals surface area contributed by atoms with Crippen LogP contribution in [0.1, 0.15) is 18.5 Å². The first-order valence-corrected chi connectivity index (χ1v) is 6.63. The fourth-order valence-electron chi connectivity index (χ4n) is 2.20. The summed E-state index contributed by atoms with van der Waals surface area (Å²) in [6.45, 7) is 1.42. The zero-order valence-corrected chi connectivity index (χ0v) is 11.8. The highest BCUT2D eigenvalue weighted by Crippen LogP contribution is 2.24. The zero-order chi connectivity index (χ0) is 14.5. The van der Waals surface area contributed by atoms with Crippen LogP contribution in [0, 0.1) is 0 Å². The molecule has 2 rings (SSSR count). The van der Waals surface area contributed by atoms with E-state index in [0.29, 0.717) is 0 Å². The molecule has 0 aliphatic rings. The van der Waals surface area contributed by atoms with Crippen molar-refractivity contribution in [3.8, 4) is 11.1 Å². The third kappa shape index (κ3) is 3.06. The number of carbonyl (C=O) groups excluding carboxylic acids is 1. The zero-order valence-electron chi connectivity index (χ0n) is 11.8. The number of rotatable bonds is 4. The van der Waals surface area contributed by atoms with E-state index in [-0.39, 0.29) is 18.6 Å². The van der Waals surface area contributed by atoms with Crippen LogP contribution in [0.3, 0.4) is 0 Å². The Morgan fingerprint density at radius 2 is 1.60 bits per heavy atom. The summed E-state index contributed by atoms with van der Waals surface area (Å²) in [5.41, 5.74) is 3.21. The van der Waals surface area contributed by atoms with Gasteiger partial charge in [0, 0.05) is 14.0 Å². The van der Waals surface area contributed by atoms with Crippen molar-refractivity contribution in [1.82, 2.24) is 4.90 Å². The van der Waals surface area contributed by atoms with Gasteiger partial charge in [-0.15, -0.1) is 0 Å². The number of amides is 1. The van der Waals surface area contributed by atoms with E-state index in [1.165, 1.54) is 6.92 Å². The molecular formula is C17H19NO2. The van der Waals surface area contributed by atoms with Crippen molar-refractivity contribution in [2.24, 2.45) is 0 Å². The van der Waals surface area contributed by atoms with Gasteiger partial charge in [0.1, 0.15) is 0 Å². The molecule has 0 saturated heterocycles. The lowest BCUT2D eigenvalue weighted by Crippen LogP contribution is -2.31. The smallest absolute Gasteiger partial charge is 0.219 e. The van der Waals surface area contributed by atoms with E-state index in [0.717, 1.165) is 16.7 Å². The van der Waals surface area contributed by atoms with Gasteiger partial charge < -0.3 is 10.0 Å². The minimum absolute atomic E-state index is 0.0591. The van der Waals surface area contributed by atoms with Crippen LogP contribution in [0.25, 0.3) is 11.1 Å². The number of hydrogen-bond donors (Lipinski definition) is 1. The SMILES string of the molecule is CC(=O)N(C)C(CO)c1ccc(-c2ccccc2)cc1. The van der Waals surface area contributed by atoms with E-state index in [9.17, 15) is 9.90 Å². The van der Waals surface area contributed by atoms with Crippen LogP contribution in [-0.4, -0.2) is 29.6 Å². The van der Waals surface area contributed by atoms with Gasteiger partial charge in [0.2, 0.25) is 5.91 Å². The molecule has 0 fully saturated rings.